The van der Waals surface area contributed by atoms with Gasteiger partial charge in [0.1, 0.15) is 11.8 Å². The van der Waals surface area contributed by atoms with E-state index in [9.17, 15) is 4.79 Å². The van der Waals surface area contributed by atoms with Crippen LogP contribution in [-0.2, 0) is 0 Å². The molecule has 3 unspecified atom stereocenters. The second kappa shape index (κ2) is 9.58. The summed E-state index contributed by atoms with van der Waals surface area (Å²) in [4.78, 5) is 15.9. The molecule has 184 valence electrons. The minimum absolute atomic E-state index is 0.0303. The number of carbonyl (C=O) groups excluding carboxylic acids is 1. The number of fused-ring (bicyclic) bond motifs is 1. The molecule has 5 heteroatoms. The van der Waals surface area contributed by atoms with E-state index in [4.69, 9.17) is 9.84 Å². The summed E-state index contributed by atoms with van der Waals surface area (Å²) in [6.07, 6.45) is 0.0539. The number of benzene rings is 4. The number of Topliss-reactive ketones (excluding diaryl/α,β-unsaturated/α-hetero) is 1. The summed E-state index contributed by atoms with van der Waals surface area (Å²) in [5, 5.41) is 7.30. The van der Waals surface area contributed by atoms with Crippen LogP contribution in [-0.4, -0.2) is 36.7 Å². The van der Waals surface area contributed by atoms with Crippen LogP contribution in [0, 0.1) is 0 Å². The summed E-state index contributed by atoms with van der Waals surface area (Å²) in [5.74, 6) is 0.707. The summed E-state index contributed by atoms with van der Waals surface area (Å²) < 4.78 is 6.36. The van der Waals surface area contributed by atoms with Gasteiger partial charge in [0.05, 0.1) is 11.8 Å². The maximum absolute atomic E-state index is 13.8. The number of carbonyl (C=O) groups is 1. The van der Waals surface area contributed by atoms with Crippen LogP contribution in [0.3, 0.4) is 0 Å². The molecule has 0 amide bonds. The number of ether oxygens (including phenoxy) is 1. The van der Waals surface area contributed by atoms with E-state index in [2.05, 4.69) is 52.4 Å². The third-order valence-electron chi connectivity index (χ3n) is 7.22. The largest absolute Gasteiger partial charge is 0.479 e. The second-order valence-corrected chi connectivity index (χ2v) is 9.75. The summed E-state index contributed by atoms with van der Waals surface area (Å²) in [6, 6.07) is 35.9. The number of hydrazone groups is 1. The third kappa shape index (κ3) is 4.27. The third-order valence-corrected chi connectivity index (χ3v) is 7.22. The molecule has 0 bridgehead atoms. The first-order valence-electron chi connectivity index (χ1n) is 12.6. The molecule has 0 saturated carbocycles. The Kier molecular flexibility index (Phi) is 5.97. The van der Waals surface area contributed by atoms with Gasteiger partial charge >= 0.3 is 0 Å². The average molecular weight is 488 g/mol. The molecule has 0 aromatic heterocycles. The average Bonchev–Trinajstić information content (AvgIpc) is 3.55. The van der Waals surface area contributed by atoms with E-state index in [0.717, 1.165) is 40.3 Å². The molecule has 4 aromatic carbocycles. The van der Waals surface area contributed by atoms with Gasteiger partial charge < -0.3 is 9.64 Å². The summed E-state index contributed by atoms with van der Waals surface area (Å²) in [7, 11) is 4.08. The van der Waals surface area contributed by atoms with Crippen molar-refractivity contribution in [3.63, 3.8) is 0 Å². The van der Waals surface area contributed by atoms with Crippen molar-refractivity contribution in [2.75, 3.05) is 19.0 Å². The molecule has 2 heterocycles. The van der Waals surface area contributed by atoms with Gasteiger partial charge in [-0.3, -0.25) is 9.80 Å². The highest BCUT2D eigenvalue weighted by Crippen LogP contribution is 2.48. The molecule has 0 fully saturated rings. The zero-order valence-corrected chi connectivity index (χ0v) is 21.0. The molecule has 2 aliphatic heterocycles. The fourth-order valence-corrected chi connectivity index (χ4v) is 5.30. The van der Waals surface area contributed by atoms with Gasteiger partial charge in [0.25, 0.3) is 0 Å². The van der Waals surface area contributed by atoms with Crippen LogP contribution in [0.4, 0.5) is 5.69 Å². The van der Waals surface area contributed by atoms with Crippen molar-refractivity contribution < 1.29 is 9.53 Å². The lowest BCUT2D eigenvalue weighted by Gasteiger charge is -2.32. The van der Waals surface area contributed by atoms with E-state index in [0.29, 0.717) is 5.56 Å². The van der Waals surface area contributed by atoms with E-state index < -0.39 is 6.10 Å². The van der Waals surface area contributed by atoms with Gasteiger partial charge in [-0.2, -0.15) is 5.10 Å². The van der Waals surface area contributed by atoms with E-state index in [1.165, 1.54) is 0 Å². The zero-order valence-electron chi connectivity index (χ0n) is 21.0. The van der Waals surface area contributed by atoms with Crippen LogP contribution >= 0.6 is 0 Å². The van der Waals surface area contributed by atoms with Crippen LogP contribution in [0.25, 0.3) is 0 Å². The Bertz CT molecular complexity index is 1430. The van der Waals surface area contributed by atoms with E-state index in [-0.39, 0.29) is 17.9 Å². The Hall–Kier alpha value is -4.38. The van der Waals surface area contributed by atoms with E-state index >= 15 is 0 Å². The maximum atomic E-state index is 13.8. The van der Waals surface area contributed by atoms with Crippen molar-refractivity contribution in [2.45, 2.75) is 24.6 Å². The van der Waals surface area contributed by atoms with Gasteiger partial charge in [0, 0.05) is 37.3 Å². The molecule has 0 aliphatic carbocycles. The second-order valence-electron chi connectivity index (χ2n) is 9.75. The van der Waals surface area contributed by atoms with E-state index in [1.807, 2.05) is 80.8 Å². The topological polar surface area (TPSA) is 45.1 Å². The Morgan fingerprint density at radius 3 is 2.19 bits per heavy atom. The normalized spacial score (nSPS) is 20.2. The van der Waals surface area contributed by atoms with Crippen molar-refractivity contribution >= 4 is 17.2 Å². The predicted octanol–water partition coefficient (Wildman–Crippen LogP) is 6.29. The van der Waals surface area contributed by atoms with Crippen LogP contribution < -0.4 is 9.64 Å². The smallest absolute Gasteiger partial charge is 0.205 e. The number of para-hydroxylation sites is 1. The molecule has 4 aromatic rings. The molecular formula is C32H29N3O2. The van der Waals surface area contributed by atoms with Crippen molar-refractivity contribution in [3.8, 4) is 5.75 Å². The van der Waals surface area contributed by atoms with Gasteiger partial charge in [-0.1, -0.05) is 91.0 Å². The summed E-state index contributed by atoms with van der Waals surface area (Å²) >= 11 is 0. The Balaban J connectivity index is 1.45. The molecule has 0 saturated heterocycles. The lowest BCUT2D eigenvalue weighted by Crippen LogP contribution is -2.38. The first-order valence-corrected chi connectivity index (χ1v) is 12.6. The van der Waals surface area contributed by atoms with Crippen LogP contribution in [0.15, 0.2) is 114 Å². The standard InChI is InChI=1S/C32H29N3O2/c1-34(2)25-19-17-23(18-20-25)28-21-27(22-11-5-3-6-12-22)33-35(28)30-26-15-9-10-16-29(26)37-32(30)31(36)24-13-7-4-8-14-24/h3-20,28,30,32H,21H2,1-2H3. The molecular weight excluding hydrogens is 458 g/mol. The SMILES string of the molecule is CN(C)c1ccc(C2CC(c3ccccc3)=NN2C2c3ccccc3OC2C(=O)c2ccccc2)cc1. The predicted molar refractivity (Wildman–Crippen MR) is 147 cm³/mol. The van der Waals surface area contributed by atoms with Crippen molar-refractivity contribution in [1.29, 1.82) is 0 Å². The zero-order chi connectivity index (χ0) is 25.4. The maximum Gasteiger partial charge on any atom is 0.205 e. The highest BCUT2D eigenvalue weighted by molar-refractivity contribution is 6.02. The van der Waals surface area contributed by atoms with Crippen LogP contribution in [0.2, 0.25) is 0 Å². The van der Waals surface area contributed by atoms with Gasteiger partial charge in [0.2, 0.25) is 5.78 Å². The van der Waals surface area contributed by atoms with E-state index in [1.54, 1.807) is 0 Å². The quantitative estimate of drug-likeness (QED) is 0.300. The fraction of sp³-hybridized carbons (Fsp3) is 0.188. The van der Waals surface area contributed by atoms with Crippen molar-refractivity contribution in [1.82, 2.24) is 5.01 Å². The molecule has 3 atom stereocenters. The van der Waals surface area contributed by atoms with Gasteiger partial charge in [-0.05, 0) is 29.3 Å². The monoisotopic (exact) mass is 487 g/mol. The Morgan fingerprint density at radius 1 is 0.838 bits per heavy atom. The van der Waals surface area contributed by atoms with Crippen LogP contribution in [0.1, 0.15) is 45.6 Å². The fourth-order valence-electron chi connectivity index (χ4n) is 5.30. The Labute approximate surface area is 217 Å². The first-order chi connectivity index (χ1) is 18.1. The minimum atomic E-state index is -0.692. The first kappa shape index (κ1) is 23.0. The highest BCUT2D eigenvalue weighted by Gasteiger charge is 2.47. The number of rotatable bonds is 6. The molecule has 2 aliphatic rings. The van der Waals surface area contributed by atoms with Crippen molar-refractivity contribution in [3.05, 3.63) is 131 Å². The van der Waals surface area contributed by atoms with Gasteiger partial charge in [-0.25, -0.2) is 0 Å². The van der Waals surface area contributed by atoms with Crippen molar-refractivity contribution in [2.24, 2.45) is 5.10 Å². The number of nitrogens with zero attached hydrogens (tertiary/aromatic N) is 3. The summed E-state index contributed by atoms with van der Waals surface area (Å²) in [6.45, 7) is 0. The lowest BCUT2D eigenvalue weighted by molar-refractivity contribution is 0.0538. The number of ketones is 1. The molecule has 0 radical (unpaired) electrons. The Morgan fingerprint density at radius 2 is 1.49 bits per heavy atom. The summed E-state index contributed by atoms with van der Waals surface area (Å²) in [5.41, 5.74) is 6.05. The molecule has 37 heavy (non-hydrogen) atoms. The number of anilines is 1. The number of hydrogen-bond acceptors (Lipinski definition) is 5. The van der Waals surface area contributed by atoms with Gasteiger partial charge in [0.15, 0.2) is 6.10 Å². The molecule has 6 rings (SSSR count). The molecule has 5 nitrogen and oxygen atoms in total. The van der Waals surface area contributed by atoms with Crippen LogP contribution in [0.5, 0.6) is 5.75 Å². The molecule has 0 spiro atoms. The van der Waals surface area contributed by atoms with Gasteiger partial charge in [-0.15, -0.1) is 0 Å². The number of hydrogen-bond donors (Lipinski definition) is 0. The lowest BCUT2D eigenvalue weighted by atomic mass is 9.93. The highest BCUT2D eigenvalue weighted by atomic mass is 16.5. The molecule has 0 N–H and O–H groups in total. The minimum Gasteiger partial charge on any atom is -0.479 e.